The van der Waals surface area contributed by atoms with Crippen LogP contribution in [0.5, 0.6) is 0 Å². The van der Waals surface area contributed by atoms with E-state index in [-0.39, 0.29) is 23.8 Å². The Morgan fingerprint density at radius 2 is 2.10 bits per heavy atom. The zero-order chi connectivity index (χ0) is 14.7. The van der Waals surface area contributed by atoms with Crippen LogP contribution in [0.3, 0.4) is 0 Å². The number of likely N-dealkylation sites (N-methyl/N-ethyl adjacent to an activating group) is 1. The number of hydrogen-bond acceptors (Lipinski definition) is 3. The van der Waals surface area contributed by atoms with E-state index < -0.39 is 0 Å². The van der Waals surface area contributed by atoms with Gasteiger partial charge < -0.3 is 15.5 Å². The second-order valence-electron chi connectivity index (χ2n) is 5.03. The molecule has 2 rings (SSSR count). The number of benzene rings is 1. The van der Waals surface area contributed by atoms with Crippen molar-refractivity contribution in [2.75, 3.05) is 27.2 Å². The standard InChI is InChI=1S/C14H18ClN3O2/c1-16-14(20)11-7-18(2)8-12(11)17-13(19)9-4-3-5-10(15)6-9/h3-6,11-12H,7-8H2,1-2H3,(H,16,20)(H,17,19)/t11-,12-/m0/s1. The predicted molar refractivity (Wildman–Crippen MR) is 77.8 cm³/mol. The summed E-state index contributed by atoms with van der Waals surface area (Å²) in [7, 11) is 3.54. The van der Waals surface area contributed by atoms with E-state index in [1.165, 1.54) is 0 Å². The number of nitrogens with one attached hydrogen (secondary N) is 2. The molecule has 1 aliphatic rings. The minimum Gasteiger partial charge on any atom is -0.359 e. The van der Waals surface area contributed by atoms with Crippen molar-refractivity contribution in [3.05, 3.63) is 34.9 Å². The monoisotopic (exact) mass is 295 g/mol. The molecule has 0 unspecified atom stereocenters. The summed E-state index contributed by atoms with van der Waals surface area (Å²) in [6, 6.07) is 6.58. The zero-order valence-electron chi connectivity index (χ0n) is 11.5. The number of halogens is 1. The largest absolute Gasteiger partial charge is 0.359 e. The third-order valence-electron chi connectivity index (χ3n) is 3.49. The molecule has 1 fully saturated rings. The predicted octanol–water partition coefficient (Wildman–Crippen LogP) is 0.746. The van der Waals surface area contributed by atoms with E-state index >= 15 is 0 Å². The molecule has 2 N–H and O–H groups in total. The number of rotatable bonds is 3. The van der Waals surface area contributed by atoms with Gasteiger partial charge in [-0.1, -0.05) is 17.7 Å². The highest BCUT2D eigenvalue weighted by Crippen LogP contribution is 2.17. The lowest BCUT2D eigenvalue weighted by molar-refractivity contribution is -0.124. The molecule has 1 aromatic rings. The summed E-state index contributed by atoms with van der Waals surface area (Å²) < 4.78 is 0. The number of nitrogens with zero attached hydrogens (tertiary/aromatic N) is 1. The lowest BCUT2D eigenvalue weighted by Gasteiger charge is -2.18. The van der Waals surface area contributed by atoms with Gasteiger partial charge in [0.15, 0.2) is 0 Å². The molecule has 2 amide bonds. The highest BCUT2D eigenvalue weighted by molar-refractivity contribution is 6.30. The van der Waals surface area contributed by atoms with Crippen molar-refractivity contribution < 1.29 is 9.59 Å². The van der Waals surface area contributed by atoms with Crippen molar-refractivity contribution in [2.45, 2.75) is 6.04 Å². The topological polar surface area (TPSA) is 61.4 Å². The molecule has 0 saturated carbocycles. The average Bonchev–Trinajstić information content (AvgIpc) is 2.78. The Hall–Kier alpha value is -1.59. The van der Waals surface area contributed by atoms with E-state index in [4.69, 9.17) is 11.6 Å². The first-order valence-corrected chi connectivity index (χ1v) is 6.85. The molecule has 6 heteroatoms. The van der Waals surface area contributed by atoms with Crippen molar-refractivity contribution in [3.63, 3.8) is 0 Å². The molecule has 1 aromatic carbocycles. The first-order chi connectivity index (χ1) is 9.51. The van der Waals surface area contributed by atoms with Crippen LogP contribution in [-0.2, 0) is 4.79 Å². The number of amides is 2. The van der Waals surface area contributed by atoms with Gasteiger partial charge in [-0.25, -0.2) is 0 Å². The maximum atomic E-state index is 12.2. The highest BCUT2D eigenvalue weighted by Gasteiger charge is 2.36. The Kier molecular flexibility index (Phi) is 4.62. The van der Waals surface area contributed by atoms with Gasteiger partial charge in [0.05, 0.1) is 12.0 Å². The van der Waals surface area contributed by atoms with E-state index in [9.17, 15) is 9.59 Å². The minimum atomic E-state index is -0.229. The maximum Gasteiger partial charge on any atom is 0.251 e. The Morgan fingerprint density at radius 3 is 2.75 bits per heavy atom. The van der Waals surface area contributed by atoms with Crippen LogP contribution in [0, 0.1) is 5.92 Å². The summed E-state index contributed by atoms with van der Waals surface area (Å²) in [5.74, 6) is -0.486. The third kappa shape index (κ3) is 3.29. The average molecular weight is 296 g/mol. The fourth-order valence-corrected chi connectivity index (χ4v) is 2.67. The molecule has 0 bridgehead atoms. The van der Waals surface area contributed by atoms with E-state index in [0.29, 0.717) is 23.7 Å². The molecule has 5 nitrogen and oxygen atoms in total. The summed E-state index contributed by atoms with van der Waals surface area (Å²) in [5.41, 5.74) is 0.503. The van der Waals surface area contributed by atoms with E-state index in [1.807, 2.05) is 11.9 Å². The van der Waals surface area contributed by atoms with Crippen LogP contribution in [0.15, 0.2) is 24.3 Å². The van der Waals surface area contributed by atoms with Crippen LogP contribution < -0.4 is 10.6 Å². The van der Waals surface area contributed by atoms with Crippen molar-refractivity contribution >= 4 is 23.4 Å². The minimum absolute atomic E-state index is 0.0502. The first kappa shape index (κ1) is 14.8. The van der Waals surface area contributed by atoms with Gasteiger partial charge in [0, 0.05) is 30.7 Å². The van der Waals surface area contributed by atoms with Gasteiger partial charge in [0.25, 0.3) is 5.91 Å². The Labute approximate surface area is 123 Å². The van der Waals surface area contributed by atoms with E-state index in [2.05, 4.69) is 10.6 Å². The Bertz CT molecular complexity index is 521. The molecule has 0 aliphatic carbocycles. The van der Waals surface area contributed by atoms with Gasteiger partial charge >= 0.3 is 0 Å². The van der Waals surface area contributed by atoms with Crippen molar-refractivity contribution in [2.24, 2.45) is 5.92 Å². The van der Waals surface area contributed by atoms with Crippen molar-refractivity contribution in [1.82, 2.24) is 15.5 Å². The Balaban J connectivity index is 2.08. The van der Waals surface area contributed by atoms with Crippen LogP contribution in [0.1, 0.15) is 10.4 Å². The molecule has 0 radical (unpaired) electrons. The lowest BCUT2D eigenvalue weighted by atomic mass is 10.0. The Morgan fingerprint density at radius 1 is 1.35 bits per heavy atom. The van der Waals surface area contributed by atoms with Crippen LogP contribution in [0.4, 0.5) is 0 Å². The molecular weight excluding hydrogens is 278 g/mol. The van der Waals surface area contributed by atoms with Gasteiger partial charge in [-0.3, -0.25) is 9.59 Å². The van der Waals surface area contributed by atoms with E-state index in [0.717, 1.165) is 0 Å². The number of hydrogen-bond donors (Lipinski definition) is 2. The summed E-state index contributed by atoms with van der Waals surface area (Å²) in [5, 5.41) is 6.08. The molecular formula is C14H18ClN3O2. The second kappa shape index (κ2) is 6.24. The summed E-state index contributed by atoms with van der Waals surface area (Å²) in [6.45, 7) is 1.30. The van der Waals surface area contributed by atoms with Gasteiger partial charge in [0.1, 0.15) is 0 Å². The van der Waals surface area contributed by atoms with Gasteiger partial charge in [-0.15, -0.1) is 0 Å². The van der Waals surface area contributed by atoms with Crippen LogP contribution in [0.25, 0.3) is 0 Å². The third-order valence-corrected chi connectivity index (χ3v) is 3.72. The number of carbonyl (C=O) groups excluding carboxylic acids is 2. The summed E-state index contributed by atoms with van der Waals surface area (Å²) in [4.78, 5) is 26.1. The molecule has 1 saturated heterocycles. The quantitative estimate of drug-likeness (QED) is 0.865. The molecule has 2 atom stereocenters. The normalized spacial score (nSPS) is 22.6. The lowest BCUT2D eigenvalue weighted by Crippen LogP contribution is -2.45. The highest BCUT2D eigenvalue weighted by atomic mass is 35.5. The zero-order valence-corrected chi connectivity index (χ0v) is 12.3. The van der Waals surface area contributed by atoms with Crippen molar-refractivity contribution in [1.29, 1.82) is 0 Å². The maximum absolute atomic E-state index is 12.2. The van der Waals surface area contributed by atoms with E-state index in [1.54, 1.807) is 31.3 Å². The van der Waals surface area contributed by atoms with Gasteiger partial charge in [-0.05, 0) is 25.2 Å². The molecule has 108 valence electrons. The summed E-state index contributed by atoms with van der Waals surface area (Å²) in [6.07, 6.45) is 0. The first-order valence-electron chi connectivity index (χ1n) is 6.48. The van der Waals surface area contributed by atoms with Crippen LogP contribution in [0.2, 0.25) is 5.02 Å². The smallest absolute Gasteiger partial charge is 0.251 e. The molecule has 1 heterocycles. The molecule has 1 aliphatic heterocycles. The molecule has 20 heavy (non-hydrogen) atoms. The fourth-order valence-electron chi connectivity index (χ4n) is 2.48. The fraction of sp³-hybridized carbons (Fsp3) is 0.429. The number of carbonyl (C=O) groups is 2. The summed E-state index contributed by atoms with van der Waals surface area (Å²) >= 11 is 5.88. The van der Waals surface area contributed by atoms with Crippen molar-refractivity contribution in [3.8, 4) is 0 Å². The number of likely N-dealkylation sites (tertiary alicyclic amines) is 1. The molecule has 0 aromatic heterocycles. The molecule has 0 spiro atoms. The van der Waals surface area contributed by atoms with Gasteiger partial charge in [-0.2, -0.15) is 0 Å². The van der Waals surface area contributed by atoms with Crippen LogP contribution >= 0.6 is 11.6 Å². The second-order valence-corrected chi connectivity index (χ2v) is 5.47. The SMILES string of the molecule is CNC(=O)[C@H]1CN(C)C[C@@H]1NC(=O)c1cccc(Cl)c1. The van der Waals surface area contributed by atoms with Gasteiger partial charge in [0.2, 0.25) is 5.91 Å². The van der Waals surface area contributed by atoms with Crippen LogP contribution in [-0.4, -0.2) is 49.9 Å².